The summed E-state index contributed by atoms with van der Waals surface area (Å²) in [6.45, 7) is 5.16. The molecule has 0 aromatic heterocycles. The predicted octanol–water partition coefficient (Wildman–Crippen LogP) is 4.17. The number of likely N-dealkylation sites (N-methyl/N-ethyl adjacent to an activating group) is 1. The van der Waals surface area contributed by atoms with Crippen LogP contribution in [-0.2, 0) is 57.1 Å². The second-order valence-electron chi connectivity index (χ2n) is 24.2. The van der Waals surface area contributed by atoms with Gasteiger partial charge in [-0.15, -0.1) is 0 Å². The van der Waals surface area contributed by atoms with Gasteiger partial charge in [-0.05, 0) is 50.0 Å². The lowest BCUT2D eigenvalue weighted by atomic mass is 10.2. The van der Waals surface area contributed by atoms with Gasteiger partial charge in [-0.25, -0.2) is 59.1 Å². The fraction of sp³-hybridized carbons (Fsp3) is 0.438. The van der Waals surface area contributed by atoms with Crippen molar-refractivity contribution in [2.45, 2.75) is 44.7 Å². The molecule has 4 unspecified atom stereocenters. The SMILES string of the molecule is CCCOC(=S)NCC1CN(c2cc(F)c(N3CNC(=O)C3)c(F)c2)C(=O)O1.CCOC(=S)NCC1CN(c2cc(F)c(N3CNC(=O)C3)c(F)c2)C(=O)O1.COC(=O)NCC1CN(c2cc(F)c(N3CNC(=O)C3)c(F)c2)C(=O)O1.COC(=S)NCC1CN(c2cc(F)c(N3CC(=O)N(C)C3)c(F)c2)C(=O)O1. The molecule has 0 saturated carbocycles. The molecular formula is C64H72F8N16O17S3. The van der Waals surface area contributed by atoms with E-state index in [1.54, 1.807) is 14.0 Å². The lowest BCUT2D eigenvalue weighted by Gasteiger charge is -2.21. The van der Waals surface area contributed by atoms with Crippen LogP contribution in [0.4, 0.5) is 105 Å². The van der Waals surface area contributed by atoms with Crippen molar-refractivity contribution < 1.29 is 116 Å². The van der Waals surface area contributed by atoms with Gasteiger partial charge in [-0.1, -0.05) is 6.92 Å². The van der Waals surface area contributed by atoms with E-state index in [2.05, 4.69) is 42.0 Å². The molecule has 4 aromatic carbocycles. The number of nitrogens with zero attached hydrogens (tertiary/aromatic N) is 9. The van der Waals surface area contributed by atoms with Gasteiger partial charge in [0, 0.05) is 55.6 Å². The number of thiocarbonyl (C=S) groups is 3. The van der Waals surface area contributed by atoms with Crippen LogP contribution in [-0.4, -0.2) is 239 Å². The van der Waals surface area contributed by atoms with Crippen LogP contribution in [0.3, 0.4) is 0 Å². The molecule has 0 radical (unpaired) electrons. The van der Waals surface area contributed by atoms with Crippen LogP contribution in [0.2, 0.25) is 0 Å². The molecule has 8 aliphatic rings. The fourth-order valence-electron chi connectivity index (χ4n) is 11.5. The first kappa shape index (κ1) is 80.9. The standard InChI is InChI=1S/C17H20F2N4O4S.2C16H18F2N4O4S.C15H16F2N4O5/c1-2-3-26-16(28)20-6-11-7-23(17(25)27-11)10-4-12(18)15(13(19)5-10)22-8-14(24)21-9-22;1-20-8-21(7-13(20)23)14-11(17)3-9(4-12(14)18)22-6-10(26-16(22)24)5-19-15(27)25-2;1-2-25-15(27)19-5-10-6-22(16(24)26-10)9-3-11(17)14(12(18)4-9)21-7-13(23)20-8-21;1-25-14(23)18-4-9-5-21(15(24)26-9)8-2-10(16)13(11(17)3-8)20-6-12(22)19-7-20/h4-5,11H,2-3,6-9H2,1H3,(H,20,28)(H,21,24);3-4,10H,5-8H2,1-2H3,(H,19,27);3-4,10H,2,5-8H2,1H3,(H,19,27)(H,20,23);2-3,9H,4-7H2,1H3,(H,18,23)(H,19,22). The van der Waals surface area contributed by atoms with Crippen molar-refractivity contribution in [2.75, 3.05) is 179 Å². The van der Waals surface area contributed by atoms with E-state index in [9.17, 15) is 78.3 Å². The molecule has 4 aromatic rings. The Hall–Kier alpha value is -11.2. The van der Waals surface area contributed by atoms with Gasteiger partial charge < -0.3 is 99.6 Å². The van der Waals surface area contributed by atoms with Crippen molar-refractivity contribution in [2.24, 2.45) is 0 Å². The number of anilines is 8. The molecule has 12 rings (SSSR count). The molecule has 33 nitrogen and oxygen atoms in total. The van der Waals surface area contributed by atoms with Gasteiger partial charge in [0.2, 0.25) is 23.6 Å². The van der Waals surface area contributed by atoms with Crippen molar-refractivity contribution in [3.63, 3.8) is 0 Å². The summed E-state index contributed by atoms with van der Waals surface area (Å²) in [7, 11) is 4.15. The van der Waals surface area contributed by atoms with Gasteiger partial charge in [-0.2, -0.15) is 0 Å². The monoisotopic (exact) mass is 1580 g/mol. The Morgan fingerprint density at radius 3 is 1.00 bits per heavy atom. The average Bonchev–Trinajstić information content (AvgIpc) is 1.46. The summed E-state index contributed by atoms with van der Waals surface area (Å²) in [5.74, 6) is -8.19. The van der Waals surface area contributed by atoms with Crippen LogP contribution in [0.1, 0.15) is 20.3 Å². The molecule has 8 fully saturated rings. The van der Waals surface area contributed by atoms with Crippen LogP contribution >= 0.6 is 36.7 Å². The highest BCUT2D eigenvalue weighted by Crippen LogP contribution is 2.36. The number of benzene rings is 4. The zero-order valence-corrected chi connectivity index (χ0v) is 60.5. The first-order chi connectivity index (χ1) is 51.4. The minimum atomic E-state index is -0.902. The Kier molecular flexibility index (Phi) is 27.3. The predicted molar refractivity (Wildman–Crippen MR) is 379 cm³/mol. The topological polar surface area (TPSA) is 341 Å². The number of rotatable bonds is 19. The molecule has 9 amide bonds. The largest absolute Gasteiger partial charge is 0.474 e. The maximum Gasteiger partial charge on any atom is 0.414 e. The van der Waals surface area contributed by atoms with Crippen LogP contribution in [0.25, 0.3) is 0 Å². The number of amides is 9. The van der Waals surface area contributed by atoms with E-state index in [4.69, 9.17) is 69.8 Å². The van der Waals surface area contributed by atoms with Crippen LogP contribution in [0.5, 0.6) is 0 Å². The second-order valence-corrected chi connectivity index (χ2v) is 25.3. The van der Waals surface area contributed by atoms with Crippen LogP contribution in [0.15, 0.2) is 48.5 Å². The zero-order valence-electron chi connectivity index (χ0n) is 58.1. The van der Waals surface area contributed by atoms with Crippen LogP contribution in [0, 0.1) is 46.5 Å². The van der Waals surface area contributed by atoms with Crippen molar-refractivity contribution in [1.29, 1.82) is 0 Å². The highest BCUT2D eigenvalue weighted by molar-refractivity contribution is 7.80. The third kappa shape index (κ3) is 20.3. The van der Waals surface area contributed by atoms with Crippen molar-refractivity contribution in [3.05, 3.63) is 95.1 Å². The summed E-state index contributed by atoms with van der Waals surface area (Å²) < 4.78 is 156. The molecule has 0 aliphatic carbocycles. The average molecular weight is 1590 g/mol. The Bertz CT molecular complexity index is 4060. The number of hydrogen-bond donors (Lipinski definition) is 7. The third-order valence-corrected chi connectivity index (χ3v) is 17.4. The Morgan fingerprint density at radius 1 is 0.444 bits per heavy atom. The van der Waals surface area contributed by atoms with Crippen molar-refractivity contribution in [1.82, 2.24) is 42.1 Å². The van der Waals surface area contributed by atoms with Gasteiger partial charge in [0.15, 0.2) is 46.5 Å². The maximum absolute atomic E-state index is 14.6. The molecule has 584 valence electrons. The van der Waals surface area contributed by atoms with Gasteiger partial charge in [0.25, 0.3) is 15.5 Å². The number of ether oxygens (including phenoxy) is 8. The van der Waals surface area contributed by atoms with E-state index < -0.39 is 101 Å². The second kappa shape index (κ2) is 36.4. The minimum Gasteiger partial charge on any atom is -0.474 e. The molecule has 8 heterocycles. The van der Waals surface area contributed by atoms with Gasteiger partial charge >= 0.3 is 30.5 Å². The molecule has 8 aliphatic heterocycles. The van der Waals surface area contributed by atoms with Gasteiger partial charge in [0.1, 0.15) is 47.2 Å². The summed E-state index contributed by atoms with van der Waals surface area (Å²) in [6.07, 6.45) is -5.15. The molecule has 0 spiro atoms. The number of nitrogens with one attached hydrogen (secondary N) is 7. The molecular weight excluding hydrogens is 1510 g/mol. The van der Waals surface area contributed by atoms with E-state index in [-0.39, 0.29) is 190 Å². The summed E-state index contributed by atoms with van der Waals surface area (Å²) in [4.78, 5) is 116. The zero-order chi connectivity index (χ0) is 78.4. The molecule has 44 heteroatoms. The van der Waals surface area contributed by atoms with E-state index in [0.717, 1.165) is 74.6 Å². The summed E-state index contributed by atoms with van der Waals surface area (Å²) in [5.41, 5.74) is -1.18. The van der Waals surface area contributed by atoms with Crippen molar-refractivity contribution in [3.8, 4) is 0 Å². The van der Waals surface area contributed by atoms with Crippen molar-refractivity contribution >= 4 is 152 Å². The Balaban J connectivity index is 0.000000166. The molecule has 8 saturated heterocycles. The number of halogens is 8. The lowest BCUT2D eigenvalue weighted by Crippen LogP contribution is -2.35. The summed E-state index contributed by atoms with van der Waals surface area (Å²) >= 11 is 14.8. The summed E-state index contributed by atoms with van der Waals surface area (Å²) in [6, 6.07) is 8.29. The van der Waals surface area contributed by atoms with E-state index in [1.807, 2.05) is 6.92 Å². The normalized spacial score (nSPS) is 19.2. The van der Waals surface area contributed by atoms with Crippen LogP contribution < -0.4 is 76.4 Å². The number of carbonyl (C=O) groups excluding carboxylic acids is 9. The summed E-state index contributed by atoms with van der Waals surface area (Å²) in [5, 5.41) is 18.7. The Labute approximate surface area is 626 Å². The number of methoxy groups -OCH3 is 2. The molecule has 108 heavy (non-hydrogen) atoms. The molecule has 7 N–H and O–H groups in total. The number of cyclic esters (lactones) is 4. The number of hydrogen-bond acceptors (Lipinski definition) is 24. The smallest absolute Gasteiger partial charge is 0.414 e. The fourth-order valence-corrected chi connectivity index (χ4v) is 11.9. The highest BCUT2D eigenvalue weighted by Gasteiger charge is 2.40. The van der Waals surface area contributed by atoms with E-state index >= 15 is 0 Å². The highest BCUT2D eigenvalue weighted by atomic mass is 32.1. The minimum absolute atomic E-state index is 0.000476. The number of alkyl carbamates (subject to hydrolysis) is 1. The quantitative estimate of drug-likeness (QED) is 0.0393. The third-order valence-electron chi connectivity index (χ3n) is 16.5. The van der Waals surface area contributed by atoms with E-state index in [0.29, 0.717) is 13.2 Å². The molecule has 0 bridgehead atoms. The first-order valence-corrected chi connectivity index (χ1v) is 34.1. The lowest BCUT2D eigenvalue weighted by molar-refractivity contribution is -0.125. The number of carbonyl (C=O) groups is 9. The first-order valence-electron chi connectivity index (χ1n) is 32.8. The van der Waals surface area contributed by atoms with Gasteiger partial charge in [0.05, 0.1) is 155 Å². The maximum atomic E-state index is 14.6. The Morgan fingerprint density at radius 2 is 0.741 bits per heavy atom. The van der Waals surface area contributed by atoms with Gasteiger partial charge in [-0.3, -0.25) is 38.8 Å². The van der Waals surface area contributed by atoms with E-state index in [1.165, 1.54) is 38.7 Å². The molecule has 4 atom stereocenters.